The lowest BCUT2D eigenvalue weighted by molar-refractivity contribution is -0.138. The molecule has 0 saturated heterocycles. The molecule has 0 saturated carbocycles. The van der Waals surface area contributed by atoms with E-state index >= 15 is 0 Å². The third-order valence-electron chi connectivity index (χ3n) is 2.95. The summed E-state index contributed by atoms with van der Waals surface area (Å²) in [5.74, 6) is -1.78. The number of hydrogen-bond acceptors (Lipinski definition) is 4. The molecule has 120 valence electrons. The Morgan fingerprint density at radius 2 is 1.77 bits per heavy atom. The number of ether oxygens (including phenoxy) is 1. The molecule has 0 spiro atoms. The topological polar surface area (TPSA) is 92.7 Å². The SMILES string of the molecule is CCCCCOC(=O)c1ccc(NC(=O)CCC(=O)O)cc1. The Kier molecular flexibility index (Phi) is 7.67. The van der Waals surface area contributed by atoms with Gasteiger partial charge in [0, 0.05) is 12.1 Å². The van der Waals surface area contributed by atoms with E-state index < -0.39 is 5.97 Å². The average Bonchev–Trinajstić information content (AvgIpc) is 2.50. The molecular weight excluding hydrogens is 286 g/mol. The molecule has 0 unspecified atom stereocenters. The number of carboxylic acids is 1. The second kappa shape index (κ2) is 9.55. The number of amides is 1. The van der Waals surface area contributed by atoms with Crippen LogP contribution in [-0.4, -0.2) is 29.6 Å². The third-order valence-corrected chi connectivity index (χ3v) is 2.95. The van der Waals surface area contributed by atoms with Crippen molar-refractivity contribution in [3.05, 3.63) is 29.8 Å². The molecule has 1 rings (SSSR count). The first kappa shape index (κ1) is 17.7. The fourth-order valence-corrected chi connectivity index (χ4v) is 1.73. The minimum absolute atomic E-state index is 0.0868. The fraction of sp³-hybridized carbons (Fsp3) is 0.438. The molecule has 0 heterocycles. The lowest BCUT2D eigenvalue weighted by Gasteiger charge is -2.07. The van der Waals surface area contributed by atoms with Gasteiger partial charge < -0.3 is 15.2 Å². The van der Waals surface area contributed by atoms with E-state index in [0.29, 0.717) is 17.9 Å². The zero-order valence-electron chi connectivity index (χ0n) is 12.6. The molecule has 0 fully saturated rings. The Hall–Kier alpha value is -2.37. The van der Waals surface area contributed by atoms with E-state index in [9.17, 15) is 14.4 Å². The number of nitrogens with one attached hydrogen (secondary N) is 1. The molecule has 6 nitrogen and oxygen atoms in total. The number of esters is 1. The van der Waals surface area contributed by atoms with Crippen LogP contribution in [-0.2, 0) is 14.3 Å². The summed E-state index contributed by atoms with van der Waals surface area (Å²) in [7, 11) is 0. The zero-order valence-corrected chi connectivity index (χ0v) is 12.6. The first-order valence-electron chi connectivity index (χ1n) is 7.31. The van der Waals surface area contributed by atoms with Crippen LogP contribution in [0.5, 0.6) is 0 Å². The Balaban J connectivity index is 2.43. The van der Waals surface area contributed by atoms with Crippen LogP contribution >= 0.6 is 0 Å². The van der Waals surface area contributed by atoms with E-state index in [1.165, 1.54) is 0 Å². The molecule has 0 aliphatic heterocycles. The summed E-state index contributed by atoms with van der Waals surface area (Å²) >= 11 is 0. The normalized spacial score (nSPS) is 10.0. The monoisotopic (exact) mass is 307 g/mol. The van der Waals surface area contributed by atoms with Crippen molar-refractivity contribution in [1.29, 1.82) is 0 Å². The fourth-order valence-electron chi connectivity index (χ4n) is 1.73. The van der Waals surface area contributed by atoms with Crippen LogP contribution < -0.4 is 5.32 Å². The van der Waals surface area contributed by atoms with Crippen molar-refractivity contribution in [3.8, 4) is 0 Å². The lowest BCUT2D eigenvalue weighted by Crippen LogP contribution is -2.13. The van der Waals surface area contributed by atoms with Gasteiger partial charge in [0.25, 0.3) is 0 Å². The number of anilines is 1. The summed E-state index contributed by atoms with van der Waals surface area (Å²) in [6.07, 6.45) is 2.63. The Bertz CT molecular complexity index is 510. The van der Waals surface area contributed by atoms with E-state index in [2.05, 4.69) is 12.2 Å². The van der Waals surface area contributed by atoms with Crippen LogP contribution in [0, 0.1) is 0 Å². The van der Waals surface area contributed by atoms with E-state index in [0.717, 1.165) is 19.3 Å². The van der Waals surface area contributed by atoms with Crippen LogP contribution in [0.4, 0.5) is 5.69 Å². The molecule has 0 radical (unpaired) electrons. The van der Waals surface area contributed by atoms with Gasteiger partial charge in [0.2, 0.25) is 5.91 Å². The standard InChI is InChI=1S/C16H21NO5/c1-2-3-4-11-22-16(21)12-5-7-13(8-6-12)17-14(18)9-10-15(19)20/h5-8H,2-4,9-11H2,1H3,(H,17,18)(H,19,20). The van der Waals surface area contributed by atoms with Crippen molar-refractivity contribution in [3.63, 3.8) is 0 Å². The second-order valence-corrected chi connectivity index (χ2v) is 4.86. The smallest absolute Gasteiger partial charge is 0.338 e. The van der Waals surface area contributed by atoms with E-state index in [4.69, 9.17) is 9.84 Å². The maximum Gasteiger partial charge on any atom is 0.338 e. The zero-order chi connectivity index (χ0) is 16.4. The molecule has 0 aliphatic rings. The van der Waals surface area contributed by atoms with Crippen molar-refractivity contribution in [2.45, 2.75) is 39.0 Å². The van der Waals surface area contributed by atoms with Crippen LogP contribution in [0.2, 0.25) is 0 Å². The third kappa shape index (κ3) is 6.88. The number of aliphatic carboxylic acids is 1. The molecule has 0 aliphatic carbocycles. The highest BCUT2D eigenvalue weighted by atomic mass is 16.5. The first-order chi connectivity index (χ1) is 10.5. The quantitative estimate of drug-likeness (QED) is 0.540. The van der Waals surface area contributed by atoms with Crippen LogP contribution in [0.3, 0.4) is 0 Å². The summed E-state index contributed by atoms with van der Waals surface area (Å²) in [5, 5.41) is 11.1. The van der Waals surface area contributed by atoms with Gasteiger partial charge in [-0.25, -0.2) is 4.79 Å². The highest BCUT2D eigenvalue weighted by molar-refractivity contribution is 5.94. The van der Waals surface area contributed by atoms with Crippen molar-refractivity contribution in [2.75, 3.05) is 11.9 Å². The van der Waals surface area contributed by atoms with Gasteiger partial charge in [-0.3, -0.25) is 9.59 Å². The number of carbonyl (C=O) groups is 3. The molecule has 0 aromatic heterocycles. The summed E-state index contributed by atoms with van der Waals surface area (Å²) in [6.45, 7) is 2.48. The average molecular weight is 307 g/mol. The Morgan fingerprint density at radius 1 is 1.09 bits per heavy atom. The molecule has 1 amide bonds. The van der Waals surface area contributed by atoms with E-state index in [1.54, 1.807) is 24.3 Å². The molecule has 0 atom stereocenters. The van der Waals surface area contributed by atoms with Gasteiger partial charge in [-0.1, -0.05) is 19.8 Å². The molecule has 1 aromatic carbocycles. The largest absolute Gasteiger partial charge is 0.481 e. The summed E-state index contributed by atoms with van der Waals surface area (Å²) in [5.41, 5.74) is 0.929. The van der Waals surface area contributed by atoms with Gasteiger partial charge in [-0.05, 0) is 30.7 Å². The molecular formula is C16H21NO5. The van der Waals surface area contributed by atoms with Gasteiger partial charge in [-0.2, -0.15) is 0 Å². The summed E-state index contributed by atoms with van der Waals surface area (Å²) in [6, 6.07) is 6.30. The van der Waals surface area contributed by atoms with Crippen molar-refractivity contribution >= 4 is 23.5 Å². The predicted molar refractivity (Wildman–Crippen MR) is 81.7 cm³/mol. The van der Waals surface area contributed by atoms with Gasteiger partial charge in [0.15, 0.2) is 0 Å². The van der Waals surface area contributed by atoms with Gasteiger partial charge >= 0.3 is 11.9 Å². The number of benzene rings is 1. The van der Waals surface area contributed by atoms with E-state index in [-0.39, 0.29) is 24.7 Å². The van der Waals surface area contributed by atoms with Crippen LogP contribution in [0.15, 0.2) is 24.3 Å². The van der Waals surface area contributed by atoms with Crippen LogP contribution in [0.25, 0.3) is 0 Å². The Morgan fingerprint density at radius 3 is 2.36 bits per heavy atom. The van der Waals surface area contributed by atoms with Gasteiger partial charge in [0.05, 0.1) is 18.6 Å². The molecule has 1 aromatic rings. The number of hydrogen-bond donors (Lipinski definition) is 2. The maximum atomic E-state index is 11.7. The minimum atomic E-state index is -1.02. The number of carboxylic acid groups (broad SMARTS) is 1. The van der Waals surface area contributed by atoms with E-state index in [1.807, 2.05) is 0 Å². The lowest BCUT2D eigenvalue weighted by atomic mass is 10.2. The number of unbranched alkanes of at least 4 members (excludes halogenated alkanes) is 2. The first-order valence-corrected chi connectivity index (χ1v) is 7.31. The summed E-state index contributed by atoms with van der Waals surface area (Å²) < 4.78 is 5.12. The number of rotatable bonds is 9. The molecule has 2 N–H and O–H groups in total. The molecule has 0 bridgehead atoms. The highest BCUT2D eigenvalue weighted by Gasteiger charge is 2.08. The van der Waals surface area contributed by atoms with Crippen molar-refractivity contribution in [1.82, 2.24) is 0 Å². The van der Waals surface area contributed by atoms with Gasteiger partial charge in [0.1, 0.15) is 0 Å². The van der Waals surface area contributed by atoms with Crippen LogP contribution in [0.1, 0.15) is 49.4 Å². The summed E-state index contributed by atoms with van der Waals surface area (Å²) in [4.78, 5) is 33.6. The predicted octanol–water partition coefficient (Wildman–Crippen LogP) is 2.84. The second-order valence-electron chi connectivity index (χ2n) is 4.86. The highest BCUT2D eigenvalue weighted by Crippen LogP contribution is 2.11. The molecule has 6 heteroatoms. The minimum Gasteiger partial charge on any atom is -0.481 e. The van der Waals surface area contributed by atoms with Crippen molar-refractivity contribution in [2.24, 2.45) is 0 Å². The Labute approximate surface area is 129 Å². The maximum absolute atomic E-state index is 11.7. The number of carbonyl (C=O) groups excluding carboxylic acids is 2. The van der Waals surface area contributed by atoms with Crippen molar-refractivity contribution < 1.29 is 24.2 Å². The van der Waals surface area contributed by atoms with Gasteiger partial charge in [-0.15, -0.1) is 0 Å². The molecule has 22 heavy (non-hydrogen) atoms.